The van der Waals surface area contributed by atoms with Crippen LogP contribution in [0.1, 0.15) is 36.4 Å². The second-order valence-corrected chi connectivity index (χ2v) is 6.42. The molecule has 0 radical (unpaired) electrons. The number of aromatic amines is 1. The van der Waals surface area contributed by atoms with Crippen molar-refractivity contribution < 1.29 is 8.78 Å². The minimum atomic E-state index is -1.68. The molecular weight excluding hydrogens is 324 g/mol. The molecule has 4 aromatic heterocycles. The fraction of sp³-hybridized carbons (Fsp3) is 0.278. The van der Waals surface area contributed by atoms with Crippen molar-refractivity contribution in [1.82, 2.24) is 24.3 Å². The molecule has 4 heterocycles. The molecule has 1 unspecified atom stereocenters. The monoisotopic (exact) mass is 339 g/mol. The number of hydrogen-bond donors (Lipinski definition) is 1. The van der Waals surface area contributed by atoms with Gasteiger partial charge in [0.2, 0.25) is 0 Å². The Bertz CT molecular complexity index is 1080. The molecule has 126 valence electrons. The van der Waals surface area contributed by atoms with E-state index < -0.39 is 12.8 Å². The first-order chi connectivity index (χ1) is 12.2. The maximum absolute atomic E-state index is 13.8. The van der Waals surface area contributed by atoms with Crippen LogP contribution in [0.4, 0.5) is 8.78 Å². The maximum atomic E-state index is 13.8. The molecule has 0 aromatic carbocycles. The Morgan fingerprint density at radius 2 is 2.12 bits per heavy atom. The smallest absolute Gasteiger partial charge is 0.170 e. The van der Waals surface area contributed by atoms with Crippen molar-refractivity contribution in [3.05, 3.63) is 48.4 Å². The number of hydrogen-bond acceptors (Lipinski definition) is 3. The third-order valence-electron chi connectivity index (χ3n) is 4.69. The molecule has 5 nitrogen and oxygen atoms in total. The van der Waals surface area contributed by atoms with E-state index in [2.05, 4.69) is 19.9 Å². The number of aromatic nitrogens is 5. The third kappa shape index (κ3) is 2.30. The van der Waals surface area contributed by atoms with Crippen LogP contribution in [0.25, 0.3) is 27.8 Å². The predicted molar refractivity (Wildman–Crippen MR) is 89.9 cm³/mol. The molecule has 1 aliphatic carbocycles. The van der Waals surface area contributed by atoms with Crippen LogP contribution in [-0.2, 0) is 0 Å². The Morgan fingerprint density at radius 1 is 1.24 bits per heavy atom. The van der Waals surface area contributed by atoms with Crippen LogP contribution in [0, 0.1) is 0 Å². The Kier molecular flexibility index (Phi) is 3.10. The summed E-state index contributed by atoms with van der Waals surface area (Å²) in [5.74, 6) is 1.37. The Morgan fingerprint density at radius 3 is 2.92 bits per heavy atom. The molecule has 0 amide bonds. The van der Waals surface area contributed by atoms with Crippen LogP contribution in [0.2, 0.25) is 0 Å². The minimum absolute atomic E-state index is 0.214. The molecule has 0 aliphatic heterocycles. The predicted octanol–water partition coefficient (Wildman–Crippen LogP) is 4.13. The quantitative estimate of drug-likeness (QED) is 0.608. The van der Waals surface area contributed by atoms with Crippen LogP contribution in [0.5, 0.6) is 0 Å². The van der Waals surface area contributed by atoms with Gasteiger partial charge in [-0.25, -0.2) is 23.7 Å². The molecule has 1 atom stereocenters. The summed E-state index contributed by atoms with van der Waals surface area (Å²) < 4.78 is 28.1. The first-order valence-electron chi connectivity index (χ1n) is 8.26. The van der Waals surface area contributed by atoms with Gasteiger partial charge >= 0.3 is 0 Å². The van der Waals surface area contributed by atoms with Crippen molar-refractivity contribution >= 4 is 16.7 Å². The van der Waals surface area contributed by atoms with Gasteiger partial charge in [-0.1, -0.05) is 0 Å². The van der Waals surface area contributed by atoms with Gasteiger partial charge in [-0.05, 0) is 25.0 Å². The van der Waals surface area contributed by atoms with Crippen LogP contribution >= 0.6 is 0 Å². The molecule has 7 heteroatoms. The molecule has 1 fully saturated rings. The molecular formula is C18H15F2N5. The zero-order valence-electron chi connectivity index (χ0n) is 13.3. The lowest BCUT2D eigenvalue weighted by atomic mass is 10.1. The summed E-state index contributed by atoms with van der Waals surface area (Å²) >= 11 is 0. The van der Waals surface area contributed by atoms with Gasteiger partial charge in [0.25, 0.3) is 0 Å². The minimum Gasteiger partial charge on any atom is -0.345 e. The molecule has 1 saturated carbocycles. The van der Waals surface area contributed by atoms with Gasteiger partial charge in [-0.15, -0.1) is 0 Å². The number of rotatable bonds is 4. The average molecular weight is 339 g/mol. The zero-order chi connectivity index (χ0) is 17.0. The first kappa shape index (κ1) is 14.5. The average Bonchev–Trinajstić information content (AvgIpc) is 3.28. The number of nitrogens with one attached hydrogen (secondary N) is 1. The maximum Gasteiger partial charge on any atom is 0.170 e. The van der Waals surface area contributed by atoms with Gasteiger partial charge < -0.3 is 9.38 Å². The summed E-state index contributed by atoms with van der Waals surface area (Å²) in [4.78, 5) is 16.4. The van der Waals surface area contributed by atoms with Gasteiger partial charge in [-0.3, -0.25) is 0 Å². The van der Waals surface area contributed by atoms with Crippen LogP contribution in [0.15, 0.2) is 36.9 Å². The van der Waals surface area contributed by atoms with Crippen LogP contribution in [-0.4, -0.2) is 31.0 Å². The van der Waals surface area contributed by atoms with E-state index in [1.165, 1.54) is 6.20 Å². The highest BCUT2D eigenvalue weighted by atomic mass is 19.2. The van der Waals surface area contributed by atoms with Crippen LogP contribution in [0.3, 0.4) is 0 Å². The Labute approximate surface area is 141 Å². The summed E-state index contributed by atoms with van der Waals surface area (Å²) in [7, 11) is 0. The molecule has 4 aromatic rings. The van der Waals surface area contributed by atoms with E-state index in [1.54, 1.807) is 16.7 Å². The van der Waals surface area contributed by atoms with E-state index in [0.717, 1.165) is 40.8 Å². The summed E-state index contributed by atoms with van der Waals surface area (Å²) in [6, 6.07) is 3.70. The van der Waals surface area contributed by atoms with E-state index in [1.807, 2.05) is 18.5 Å². The van der Waals surface area contributed by atoms with E-state index in [-0.39, 0.29) is 5.69 Å². The number of imidazole rings is 1. The van der Waals surface area contributed by atoms with E-state index in [0.29, 0.717) is 11.6 Å². The molecule has 1 aliphatic rings. The van der Waals surface area contributed by atoms with Gasteiger partial charge in [0.05, 0.1) is 11.9 Å². The van der Waals surface area contributed by atoms with Gasteiger partial charge in [0.15, 0.2) is 6.17 Å². The largest absolute Gasteiger partial charge is 0.345 e. The molecule has 5 rings (SSSR count). The van der Waals surface area contributed by atoms with Crippen molar-refractivity contribution in [3.8, 4) is 11.1 Å². The highest BCUT2D eigenvalue weighted by Crippen LogP contribution is 2.39. The fourth-order valence-corrected chi connectivity index (χ4v) is 3.17. The molecule has 0 spiro atoms. The number of H-pyrrole nitrogens is 1. The van der Waals surface area contributed by atoms with E-state index in [4.69, 9.17) is 0 Å². The van der Waals surface area contributed by atoms with Crippen molar-refractivity contribution in [2.24, 2.45) is 0 Å². The van der Waals surface area contributed by atoms with Gasteiger partial charge in [0, 0.05) is 41.0 Å². The lowest BCUT2D eigenvalue weighted by molar-refractivity contribution is 0.259. The standard InChI is InChI=1S/C18H15F2N5/c19-5-14(20)15-8-21-16-4-3-11(9-25(15)16)12-6-23-18-13(12)7-22-17(24-18)10-1-2-10/h3-4,6-10,14H,1-2,5H2,(H,22,23,24). The second kappa shape index (κ2) is 5.34. The molecule has 0 saturated heterocycles. The first-order valence-corrected chi connectivity index (χ1v) is 8.26. The second-order valence-electron chi connectivity index (χ2n) is 6.42. The van der Waals surface area contributed by atoms with Crippen molar-refractivity contribution in [2.45, 2.75) is 24.9 Å². The molecule has 1 N–H and O–H groups in total. The Balaban J connectivity index is 1.63. The van der Waals surface area contributed by atoms with Crippen molar-refractivity contribution in [1.29, 1.82) is 0 Å². The summed E-state index contributed by atoms with van der Waals surface area (Å²) in [6.45, 7) is -1.07. The number of nitrogens with zero attached hydrogens (tertiary/aromatic N) is 4. The summed E-state index contributed by atoms with van der Waals surface area (Å²) in [5, 5.41) is 0.910. The highest BCUT2D eigenvalue weighted by Gasteiger charge is 2.27. The lowest BCUT2D eigenvalue weighted by Gasteiger charge is -2.06. The van der Waals surface area contributed by atoms with E-state index >= 15 is 0 Å². The van der Waals surface area contributed by atoms with Gasteiger partial charge in [0.1, 0.15) is 23.8 Å². The number of halogens is 2. The zero-order valence-corrected chi connectivity index (χ0v) is 13.3. The topological polar surface area (TPSA) is 58.9 Å². The highest BCUT2D eigenvalue weighted by molar-refractivity contribution is 5.93. The molecule has 25 heavy (non-hydrogen) atoms. The van der Waals surface area contributed by atoms with Crippen molar-refractivity contribution in [2.75, 3.05) is 6.67 Å². The number of pyridine rings is 1. The van der Waals surface area contributed by atoms with Crippen molar-refractivity contribution in [3.63, 3.8) is 0 Å². The normalized spacial score (nSPS) is 15.9. The number of alkyl halides is 2. The SMILES string of the molecule is FCC(F)c1cnc2ccc(-c3c[nH]c4nc(C5CC5)ncc34)cn12. The number of fused-ring (bicyclic) bond motifs is 2. The Hall–Kier alpha value is -2.83. The van der Waals surface area contributed by atoms with E-state index in [9.17, 15) is 8.78 Å². The van der Waals surface area contributed by atoms with Gasteiger partial charge in [-0.2, -0.15) is 0 Å². The summed E-state index contributed by atoms with van der Waals surface area (Å²) in [5.41, 5.74) is 3.39. The molecule has 0 bridgehead atoms. The van der Waals surface area contributed by atoms with Crippen LogP contribution < -0.4 is 0 Å². The summed E-state index contributed by atoms with van der Waals surface area (Å²) in [6.07, 6.45) is 7.48. The fourth-order valence-electron chi connectivity index (χ4n) is 3.17. The third-order valence-corrected chi connectivity index (χ3v) is 4.69. The lowest BCUT2D eigenvalue weighted by Crippen LogP contribution is -1.99.